The molecule has 2 rings (SSSR count). The molecule has 0 aromatic carbocycles. The number of aromatic nitrogens is 1. The van der Waals surface area contributed by atoms with E-state index in [0.717, 1.165) is 0 Å². The predicted octanol–water partition coefficient (Wildman–Crippen LogP) is -0.0671. The van der Waals surface area contributed by atoms with Crippen molar-refractivity contribution < 1.29 is 19.0 Å². The molecule has 0 bridgehead atoms. The molecule has 0 radical (unpaired) electrons. The molecule has 1 aromatic rings. The highest BCUT2D eigenvalue weighted by molar-refractivity contribution is 5.78. The van der Waals surface area contributed by atoms with Crippen molar-refractivity contribution in [3.05, 3.63) is 35.3 Å². The van der Waals surface area contributed by atoms with E-state index in [1.807, 2.05) is 0 Å². The lowest BCUT2D eigenvalue weighted by Gasteiger charge is -1.99. The van der Waals surface area contributed by atoms with E-state index in [1.54, 1.807) is 18.2 Å². The average molecular weight is 195 g/mol. The Labute approximate surface area is 80.5 Å². The van der Waals surface area contributed by atoms with Gasteiger partial charge in [0.1, 0.15) is 0 Å². The maximum Gasteiger partial charge on any atom is 0.338 e. The van der Waals surface area contributed by atoms with Crippen molar-refractivity contribution in [2.75, 3.05) is 7.11 Å². The van der Waals surface area contributed by atoms with Crippen LogP contribution in [0.1, 0.15) is 11.8 Å². The molecule has 5 heteroatoms. The van der Waals surface area contributed by atoms with Crippen molar-refractivity contribution in [1.29, 1.82) is 0 Å². The van der Waals surface area contributed by atoms with Crippen molar-refractivity contribution >= 4 is 5.97 Å². The summed E-state index contributed by atoms with van der Waals surface area (Å²) in [5.41, 5.74) is 0.433. The topological polar surface area (TPSA) is 65.8 Å². The first kappa shape index (κ1) is 8.96. The molecular formula is C9H9NO4. The monoisotopic (exact) mass is 195 g/mol. The van der Waals surface area contributed by atoms with Crippen LogP contribution in [0, 0.1) is 5.21 Å². The number of pyridine rings is 1. The minimum absolute atomic E-state index is 0.433. The first-order valence-corrected chi connectivity index (χ1v) is 4.15. The summed E-state index contributed by atoms with van der Waals surface area (Å²) < 4.78 is 10.2. The van der Waals surface area contributed by atoms with Gasteiger partial charge in [-0.25, -0.2) is 4.79 Å². The van der Waals surface area contributed by atoms with Gasteiger partial charge in [-0.15, -0.1) is 0 Å². The van der Waals surface area contributed by atoms with E-state index in [-0.39, 0.29) is 0 Å². The second-order valence-electron chi connectivity index (χ2n) is 2.95. The predicted molar refractivity (Wildman–Crippen MR) is 45.0 cm³/mol. The molecule has 0 aliphatic carbocycles. The van der Waals surface area contributed by atoms with E-state index >= 15 is 0 Å². The van der Waals surface area contributed by atoms with Crippen LogP contribution in [0.25, 0.3) is 0 Å². The summed E-state index contributed by atoms with van der Waals surface area (Å²) in [4.78, 5) is 11.0. The Hall–Kier alpha value is -1.62. The number of methoxy groups -OCH3 is 1. The Morgan fingerprint density at radius 1 is 1.64 bits per heavy atom. The standard InChI is InChI=1S/C9H9NO4/c1-13-9(11)8-7(14-8)6-4-2-3-5-10(6)12/h2-5,7-8H,1H3/t7-,8+/m1/s1. The van der Waals surface area contributed by atoms with Crippen LogP contribution < -0.4 is 4.73 Å². The summed E-state index contributed by atoms with van der Waals surface area (Å²) in [5.74, 6) is -0.446. The van der Waals surface area contributed by atoms with E-state index < -0.39 is 18.2 Å². The third-order valence-electron chi connectivity index (χ3n) is 2.07. The number of ether oxygens (including phenoxy) is 2. The van der Waals surface area contributed by atoms with Gasteiger partial charge in [-0.05, 0) is 6.07 Å². The van der Waals surface area contributed by atoms with Gasteiger partial charge in [0, 0.05) is 12.1 Å². The molecule has 2 heterocycles. The number of rotatable bonds is 2. The average Bonchev–Trinajstić information content (AvgIpc) is 2.97. The van der Waals surface area contributed by atoms with E-state index in [1.165, 1.54) is 13.3 Å². The third kappa shape index (κ3) is 1.42. The van der Waals surface area contributed by atoms with Crippen LogP contribution in [-0.2, 0) is 14.3 Å². The molecule has 1 saturated heterocycles. The molecule has 14 heavy (non-hydrogen) atoms. The lowest BCUT2D eigenvalue weighted by atomic mass is 10.2. The fraction of sp³-hybridized carbons (Fsp3) is 0.333. The Morgan fingerprint density at radius 2 is 2.43 bits per heavy atom. The van der Waals surface area contributed by atoms with E-state index in [0.29, 0.717) is 10.4 Å². The summed E-state index contributed by atoms with van der Waals surface area (Å²) in [6.45, 7) is 0. The summed E-state index contributed by atoms with van der Waals surface area (Å²) in [6.07, 6.45) is 0.287. The minimum atomic E-state index is -0.623. The molecule has 0 N–H and O–H groups in total. The number of hydrogen-bond acceptors (Lipinski definition) is 4. The van der Waals surface area contributed by atoms with Gasteiger partial charge >= 0.3 is 5.97 Å². The minimum Gasteiger partial charge on any atom is -0.618 e. The van der Waals surface area contributed by atoms with Crippen LogP contribution in [-0.4, -0.2) is 19.2 Å². The molecule has 0 saturated carbocycles. The maximum absolute atomic E-state index is 11.2. The van der Waals surface area contributed by atoms with Gasteiger partial charge in [-0.2, -0.15) is 4.73 Å². The maximum atomic E-state index is 11.2. The van der Waals surface area contributed by atoms with Gasteiger partial charge in [-0.3, -0.25) is 0 Å². The van der Waals surface area contributed by atoms with E-state index in [4.69, 9.17) is 4.74 Å². The number of carbonyl (C=O) groups is 1. The number of carbonyl (C=O) groups excluding carboxylic acids is 1. The molecule has 1 aromatic heterocycles. The molecule has 2 atom stereocenters. The lowest BCUT2D eigenvalue weighted by molar-refractivity contribution is -0.615. The largest absolute Gasteiger partial charge is 0.618 e. The summed E-state index contributed by atoms with van der Waals surface area (Å²) in [6, 6.07) is 4.96. The van der Waals surface area contributed by atoms with Crippen LogP contribution >= 0.6 is 0 Å². The zero-order valence-electron chi connectivity index (χ0n) is 7.54. The van der Waals surface area contributed by atoms with Crippen molar-refractivity contribution in [1.82, 2.24) is 0 Å². The van der Waals surface area contributed by atoms with Gasteiger partial charge in [0.15, 0.2) is 18.4 Å². The van der Waals surface area contributed by atoms with Crippen LogP contribution in [0.3, 0.4) is 0 Å². The third-order valence-corrected chi connectivity index (χ3v) is 2.07. The van der Waals surface area contributed by atoms with Crippen molar-refractivity contribution in [3.8, 4) is 0 Å². The molecule has 1 fully saturated rings. The van der Waals surface area contributed by atoms with Crippen LogP contribution in [0.5, 0.6) is 0 Å². The van der Waals surface area contributed by atoms with E-state index in [9.17, 15) is 10.0 Å². The molecule has 1 aliphatic heterocycles. The Kier molecular flexibility index (Phi) is 2.09. The molecule has 1 aliphatic rings. The van der Waals surface area contributed by atoms with Gasteiger partial charge in [0.2, 0.25) is 5.69 Å². The summed E-state index contributed by atoms with van der Waals surface area (Å²) >= 11 is 0. The molecule has 5 nitrogen and oxygen atoms in total. The SMILES string of the molecule is COC(=O)[C@H]1O[C@@H]1c1cccc[n+]1[O-]. The lowest BCUT2D eigenvalue weighted by Crippen LogP contribution is -2.31. The van der Waals surface area contributed by atoms with Gasteiger partial charge in [-0.1, -0.05) is 0 Å². The summed E-state index contributed by atoms with van der Waals surface area (Å²) in [5, 5.41) is 11.2. The Morgan fingerprint density at radius 3 is 3.07 bits per heavy atom. The quantitative estimate of drug-likeness (QED) is 0.287. The van der Waals surface area contributed by atoms with Crippen LogP contribution in [0.4, 0.5) is 0 Å². The smallest absolute Gasteiger partial charge is 0.338 e. The van der Waals surface area contributed by atoms with Crippen LogP contribution in [0.2, 0.25) is 0 Å². The molecular weight excluding hydrogens is 186 g/mol. The zero-order chi connectivity index (χ0) is 10.1. The van der Waals surface area contributed by atoms with Gasteiger partial charge in [0.05, 0.1) is 7.11 Å². The van der Waals surface area contributed by atoms with Crippen molar-refractivity contribution in [3.63, 3.8) is 0 Å². The molecule has 0 spiro atoms. The number of esters is 1. The second-order valence-corrected chi connectivity index (χ2v) is 2.95. The highest BCUT2D eigenvalue weighted by Gasteiger charge is 2.51. The highest BCUT2D eigenvalue weighted by Crippen LogP contribution is 2.37. The normalized spacial score (nSPS) is 24.4. The number of hydrogen-bond donors (Lipinski definition) is 0. The van der Waals surface area contributed by atoms with Crippen LogP contribution in [0.15, 0.2) is 24.4 Å². The highest BCUT2D eigenvalue weighted by atomic mass is 16.6. The molecule has 74 valence electrons. The van der Waals surface area contributed by atoms with Gasteiger partial charge < -0.3 is 14.7 Å². The van der Waals surface area contributed by atoms with Crippen molar-refractivity contribution in [2.24, 2.45) is 0 Å². The summed E-state index contributed by atoms with van der Waals surface area (Å²) in [7, 11) is 1.29. The second kappa shape index (κ2) is 3.26. The van der Waals surface area contributed by atoms with Crippen molar-refractivity contribution in [2.45, 2.75) is 12.2 Å². The number of nitrogens with zero attached hydrogens (tertiary/aromatic N) is 1. The molecule has 0 unspecified atom stereocenters. The Balaban J connectivity index is 2.13. The fourth-order valence-electron chi connectivity index (χ4n) is 1.29. The number of epoxide rings is 1. The fourth-order valence-corrected chi connectivity index (χ4v) is 1.29. The Bertz CT molecular complexity index is 366. The van der Waals surface area contributed by atoms with Gasteiger partial charge in [0.25, 0.3) is 0 Å². The van der Waals surface area contributed by atoms with E-state index in [2.05, 4.69) is 4.74 Å². The first-order chi connectivity index (χ1) is 6.74. The molecule has 0 amide bonds. The zero-order valence-corrected chi connectivity index (χ0v) is 7.54. The first-order valence-electron chi connectivity index (χ1n) is 4.15.